The van der Waals surface area contributed by atoms with Crippen LogP contribution in [-0.2, 0) is 32.1 Å². The molecule has 4 rings (SSSR count). The minimum atomic E-state index is -0.990. The predicted molar refractivity (Wildman–Crippen MR) is 153 cm³/mol. The third kappa shape index (κ3) is 8.73. The van der Waals surface area contributed by atoms with E-state index in [4.69, 9.17) is 18.9 Å². The van der Waals surface area contributed by atoms with Crippen LogP contribution in [0.3, 0.4) is 0 Å². The Hall–Kier alpha value is -3.54. The van der Waals surface area contributed by atoms with Gasteiger partial charge in [-0.1, -0.05) is 30.3 Å². The van der Waals surface area contributed by atoms with E-state index in [1.54, 1.807) is 41.2 Å². The lowest BCUT2D eigenvalue weighted by atomic mass is 10.2. The lowest BCUT2D eigenvalue weighted by Gasteiger charge is -2.35. The molecule has 228 valence electrons. The molecular formula is C31H39F2N3O6. The first kappa shape index (κ1) is 31.4. The van der Waals surface area contributed by atoms with Gasteiger partial charge in [0, 0.05) is 44.2 Å². The fourth-order valence-electron chi connectivity index (χ4n) is 4.61. The number of fused-ring (bicyclic) bond motifs is 1. The summed E-state index contributed by atoms with van der Waals surface area (Å²) in [6, 6.07) is 13.6. The first-order chi connectivity index (χ1) is 20.1. The maximum Gasteiger partial charge on any atom is 0.410 e. The molecule has 2 amide bonds. The molecule has 0 N–H and O–H groups in total. The molecule has 1 aromatic heterocycles. The van der Waals surface area contributed by atoms with Gasteiger partial charge in [0.2, 0.25) is 0 Å². The summed E-state index contributed by atoms with van der Waals surface area (Å²) in [5.74, 6) is -2.25. The molecule has 2 heterocycles. The first-order valence-electron chi connectivity index (χ1n) is 14.1. The van der Waals surface area contributed by atoms with Crippen LogP contribution in [-0.4, -0.2) is 91.2 Å². The number of nitrogens with zero attached hydrogens (tertiary/aromatic N) is 3. The van der Waals surface area contributed by atoms with Crippen molar-refractivity contribution in [2.75, 3.05) is 59.2 Å². The summed E-state index contributed by atoms with van der Waals surface area (Å²) >= 11 is 0. The number of hydrogen-bond donors (Lipinski definition) is 0. The molecule has 2 aromatic carbocycles. The zero-order chi connectivity index (χ0) is 30.1. The molecule has 0 spiro atoms. The SMILES string of the molecule is CC(C)(C)OC(=O)N1CCN(C(=O)c2cc3cc(F)c(F)cc3n2CCOCCOCCOCc2ccccc2)CC1. The first-order valence-corrected chi connectivity index (χ1v) is 14.1. The molecule has 1 aliphatic rings. The van der Waals surface area contributed by atoms with E-state index in [0.29, 0.717) is 75.8 Å². The highest BCUT2D eigenvalue weighted by molar-refractivity contribution is 5.99. The molecule has 0 unspecified atom stereocenters. The molecular weight excluding hydrogens is 548 g/mol. The highest BCUT2D eigenvalue weighted by atomic mass is 19.2. The number of ether oxygens (including phenoxy) is 4. The Kier molecular flexibility index (Phi) is 10.9. The molecule has 3 aromatic rings. The van der Waals surface area contributed by atoms with Crippen LogP contribution in [0, 0.1) is 11.6 Å². The molecule has 1 aliphatic heterocycles. The third-order valence-electron chi connectivity index (χ3n) is 6.70. The lowest BCUT2D eigenvalue weighted by Crippen LogP contribution is -2.51. The van der Waals surface area contributed by atoms with Crippen molar-refractivity contribution in [3.05, 3.63) is 71.4 Å². The van der Waals surface area contributed by atoms with Crippen molar-refractivity contribution >= 4 is 22.9 Å². The second kappa shape index (κ2) is 14.6. The summed E-state index contributed by atoms with van der Waals surface area (Å²) < 4.78 is 52.1. The molecule has 0 bridgehead atoms. The summed E-state index contributed by atoms with van der Waals surface area (Å²) in [6.45, 7) is 9.29. The van der Waals surface area contributed by atoms with E-state index in [1.807, 2.05) is 30.3 Å². The Morgan fingerprint density at radius 1 is 0.786 bits per heavy atom. The number of halogens is 2. The maximum absolute atomic E-state index is 14.2. The second-order valence-electron chi connectivity index (χ2n) is 11.0. The number of carbonyl (C=O) groups excluding carboxylic acids is 2. The minimum Gasteiger partial charge on any atom is -0.444 e. The van der Waals surface area contributed by atoms with Gasteiger partial charge in [-0.25, -0.2) is 13.6 Å². The lowest BCUT2D eigenvalue weighted by molar-refractivity contribution is 0.00924. The number of hydrogen-bond acceptors (Lipinski definition) is 6. The molecule has 0 saturated carbocycles. The smallest absolute Gasteiger partial charge is 0.410 e. The molecule has 1 saturated heterocycles. The van der Waals surface area contributed by atoms with E-state index >= 15 is 0 Å². The summed E-state index contributed by atoms with van der Waals surface area (Å²) in [7, 11) is 0. The van der Waals surface area contributed by atoms with Crippen molar-refractivity contribution < 1.29 is 37.3 Å². The van der Waals surface area contributed by atoms with Crippen LogP contribution < -0.4 is 0 Å². The average molecular weight is 588 g/mol. The molecule has 0 atom stereocenters. The van der Waals surface area contributed by atoms with E-state index < -0.39 is 23.3 Å². The van der Waals surface area contributed by atoms with Crippen molar-refractivity contribution in [2.45, 2.75) is 39.5 Å². The maximum atomic E-state index is 14.2. The predicted octanol–water partition coefficient (Wildman–Crippen LogP) is 4.86. The van der Waals surface area contributed by atoms with Gasteiger partial charge in [-0.15, -0.1) is 0 Å². The van der Waals surface area contributed by atoms with Crippen LogP contribution in [0.2, 0.25) is 0 Å². The number of amides is 2. The van der Waals surface area contributed by atoms with Gasteiger partial charge in [-0.3, -0.25) is 4.79 Å². The zero-order valence-electron chi connectivity index (χ0n) is 24.4. The highest BCUT2D eigenvalue weighted by Gasteiger charge is 2.29. The fraction of sp³-hybridized carbons (Fsp3) is 0.484. The van der Waals surface area contributed by atoms with Crippen LogP contribution in [0.15, 0.2) is 48.5 Å². The Bertz CT molecular complexity index is 1330. The van der Waals surface area contributed by atoms with Gasteiger partial charge in [0.05, 0.1) is 45.2 Å². The normalized spacial score (nSPS) is 14.0. The van der Waals surface area contributed by atoms with Gasteiger partial charge in [0.25, 0.3) is 5.91 Å². The highest BCUT2D eigenvalue weighted by Crippen LogP contribution is 2.25. The van der Waals surface area contributed by atoms with Crippen molar-refractivity contribution in [1.29, 1.82) is 0 Å². The topological polar surface area (TPSA) is 82.5 Å². The Labute approximate surface area is 244 Å². The Morgan fingerprint density at radius 3 is 2.05 bits per heavy atom. The minimum absolute atomic E-state index is 0.239. The zero-order valence-corrected chi connectivity index (χ0v) is 24.4. The number of carbonyl (C=O) groups is 2. The van der Waals surface area contributed by atoms with Gasteiger partial charge in [0.1, 0.15) is 11.3 Å². The van der Waals surface area contributed by atoms with Crippen LogP contribution in [0.1, 0.15) is 36.8 Å². The van der Waals surface area contributed by atoms with E-state index in [-0.39, 0.29) is 19.1 Å². The molecule has 9 nitrogen and oxygen atoms in total. The van der Waals surface area contributed by atoms with E-state index in [1.165, 1.54) is 0 Å². The number of piperazine rings is 1. The monoisotopic (exact) mass is 587 g/mol. The van der Waals surface area contributed by atoms with Crippen LogP contribution in [0.4, 0.5) is 13.6 Å². The van der Waals surface area contributed by atoms with Gasteiger partial charge in [0.15, 0.2) is 11.6 Å². The second-order valence-corrected chi connectivity index (χ2v) is 11.0. The van der Waals surface area contributed by atoms with Crippen LogP contribution in [0.5, 0.6) is 0 Å². The van der Waals surface area contributed by atoms with Crippen molar-refractivity contribution in [3.63, 3.8) is 0 Å². The number of benzene rings is 2. The molecule has 1 fully saturated rings. The molecule has 11 heteroatoms. The third-order valence-corrected chi connectivity index (χ3v) is 6.70. The molecule has 0 aliphatic carbocycles. The van der Waals surface area contributed by atoms with Crippen molar-refractivity contribution in [1.82, 2.24) is 14.4 Å². The van der Waals surface area contributed by atoms with Gasteiger partial charge >= 0.3 is 6.09 Å². The quantitative estimate of drug-likeness (QED) is 0.282. The fourth-order valence-corrected chi connectivity index (χ4v) is 4.61. The van der Waals surface area contributed by atoms with Gasteiger partial charge < -0.3 is 33.3 Å². The average Bonchev–Trinajstić information content (AvgIpc) is 3.30. The van der Waals surface area contributed by atoms with Crippen molar-refractivity contribution in [2.24, 2.45) is 0 Å². The molecule has 0 radical (unpaired) electrons. The number of rotatable bonds is 12. The van der Waals surface area contributed by atoms with Crippen molar-refractivity contribution in [3.8, 4) is 0 Å². The Balaban J connectivity index is 1.27. The summed E-state index contributed by atoms with van der Waals surface area (Å²) in [4.78, 5) is 29.1. The molecule has 42 heavy (non-hydrogen) atoms. The summed E-state index contributed by atoms with van der Waals surface area (Å²) in [5.41, 5.74) is 1.19. The summed E-state index contributed by atoms with van der Waals surface area (Å²) in [6.07, 6.45) is -0.421. The van der Waals surface area contributed by atoms with Crippen LogP contribution in [0.25, 0.3) is 10.9 Å². The van der Waals surface area contributed by atoms with Gasteiger partial charge in [-0.05, 0) is 38.5 Å². The largest absolute Gasteiger partial charge is 0.444 e. The summed E-state index contributed by atoms with van der Waals surface area (Å²) in [5, 5.41) is 0.420. The van der Waals surface area contributed by atoms with E-state index in [9.17, 15) is 18.4 Å². The van der Waals surface area contributed by atoms with E-state index in [2.05, 4.69) is 0 Å². The van der Waals surface area contributed by atoms with E-state index in [0.717, 1.165) is 17.7 Å². The van der Waals surface area contributed by atoms with Crippen LogP contribution >= 0.6 is 0 Å². The van der Waals surface area contributed by atoms with Gasteiger partial charge in [-0.2, -0.15) is 0 Å². The standard InChI is InChI=1S/C31H39F2N3O6/c1-31(2,3)42-30(38)35-11-9-34(10-12-35)29(37)28-20-24-19-25(32)26(33)21-27(24)36(28)13-14-39-15-16-40-17-18-41-22-23-7-5-4-6-8-23/h4-8,19-21H,9-18,22H2,1-3H3. The Morgan fingerprint density at radius 2 is 1.38 bits per heavy atom. The number of aromatic nitrogens is 1.